The van der Waals surface area contributed by atoms with Gasteiger partial charge in [-0.2, -0.15) is 4.98 Å². The van der Waals surface area contributed by atoms with Crippen molar-refractivity contribution in [2.75, 3.05) is 6.61 Å². The SMILES string of the molecule is [B]/C(C)=N/C1=C(C)C(=C)N(Cc2nc([C@@H]3CO[C@@H](c4ccc(C)cc4)C3)no2)C=N1. The van der Waals surface area contributed by atoms with Gasteiger partial charge in [0, 0.05) is 17.2 Å². The maximum absolute atomic E-state index is 5.98. The van der Waals surface area contributed by atoms with E-state index >= 15 is 0 Å². The van der Waals surface area contributed by atoms with E-state index < -0.39 is 0 Å². The van der Waals surface area contributed by atoms with E-state index in [2.05, 4.69) is 57.9 Å². The molecule has 0 spiro atoms. The molecule has 3 heterocycles. The van der Waals surface area contributed by atoms with Crippen molar-refractivity contribution < 1.29 is 9.26 Å². The zero-order valence-corrected chi connectivity index (χ0v) is 17.5. The summed E-state index contributed by atoms with van der Waals surface area (Å²) in [7, 11) is 5.66. The Morgan fingerprint density at radius 1 is 1.30 bits per heavy atom. The molecule has 2 atom stereocenters. The third-order valence-electron chi connectivity index (χ3n) is 5.32. The first-order valence-corrected chi connectivity index (χ1v) is 9.93. The normalized spacial score (nSPS) is 22.3. The van der Waals surface area contributed by atoms with Crippen molar-refractivity contribution in [3.8, 4) is 0 Å². The molecule has 2 aliphatic rings. The number of aryl methyl sites for hydroxylation is 1. The summed E-state index contributed by atoms with van der Waals surface area (Å²) in [6.45, 7) is 10.8. The lowest BCUT2D eigenvalue weighted by Crippen LogP contribution is -2.24. The Kier molecular flexibility index (Phi) is 5.68. The quantitative estimate of drug-likeness (QED) is 0.563. The van der Waals surface area contributed by atoms with Gasteiger partial charge in [0.15, 0.2) is 11.6 Å². The number of benzene rings is 1. The van der Waals surface area contributed by atoms with Crippen LogP contribution in [0.3, 0.4) is 0 Å². The molecular weight excluding hydrogens is 377 g/mol. The fourth-order valence-corrected chi connectivity index (χ4v) is 3.52. The Labute approximate surface area is 177 Å². The fraction of sp³-hybridized carbons (Fsp3) is 0.364. The van der Waals surface area contributed by atoms with E-state index in [-0.39, 0.29) is 12.0 Å². The number of rotatable bonds is 5. The minimum atomic E-state index is 0.0596. The van der Waals surface area contributed by atoms with Crippen molar-refractivity contribution in [2.45, 2.75) is 45.8 Å². The van der Waals surface area contributed by atoms with E-state index in [4.69, 9.17) is 17.1 Å². The number of allylic oxidation sites excluding steroid dienone is 1. The zero-order chi connectivity index (χ0) is 21.3. The van der Waals surface area contributed by atoms with Crippen LogP contribution < -0.4 is 0 Å². The topological polar surface area (TPSA) is 76.1 Å². The largest absolute Gasteiger partial charge is 0.373 e. The van der Waals surface area contributed by atoms with Crippen LogP contribution in [0.1, 0.15) is 55.1 Å². The Morgan fingerprint density at radius 2 is 2.07 bits per heavy atom. The van der Waals surface area contributed by atoms with Crippen LogP contribution in [0.5, 0.6) is 0 Å². The number of hydrogen-bond donors (Lipinski definition) is 0. The van der Waals surface area contributed by atoms with Crippen LogP contribution in [0.4, 0.5) is 0 Å². The van der Waals surface area contributed by atoms with Crippen molar-refractivity contribution in [3.63, 3.8) is 0 Å². The molecule has 0 unspecified atom stereocenters. The highest BCUT2D eigenvalue weighted by atomic mass is 16.5. The van der Waals surface area contributed by atoms with Crippen molar-refractivity contribution in [1.29, 1.82) is 0 Å². The summed E-state index contributed by atoms with van der Waals surface area (Å²) in [6, 6.07) is 8.44. The van der Waals surface area contributed by atoms with Crippen LogP contribution in [0, 0.1) is 6.92 Å². The maximum Gasteiger partial charge on any atom is 0.246 e. The van der Waals surface area contributed by atoms with Crippen LogP contribution in [-0.4, -0.2) is 41.4 Å². The highest BCUT2D eigenvalue weighted by Gasteiger charge is 2.31. The summed E-state index contributed by atoms with van der Waals surface area (Å²) in [6.07, 6.45) is 2.55. The molecule has 1 aromatic heterocycles. The molecule has 7 nitrogen and oxygen atoms in total. The van der Waals surface area contributed by atoms with Gasteiger partial charge in [-0.3, -0.25) is 0 Å². The van der Waals surface area contributed by atoms with Crippen LogP contribution in [0.2, 0.25) is 0 Å². The van der Waals surface area contributed by atoms with Crippen LogP contribution in [0.25, 0.3) is 0 Å². The first-order chi connectivity index (χ1) is 14.4. The molecule has 152 valence electrons. The average molecular weight is 401 g/mol. The lowest BCUT2D eigenvalue weighted by atomic mass is 9.99. The molecule has 8 heteroatoms. The number of nitrogens with zero attached hydrogens (tertiary/aromatic N) is 5. The van der Waals surface area contributed by atoms with Gasteiger partial charge in [0.05, 0.1) is 19.0 Å². The van der Waals surface area contributed by atoms with Gasteiger partial charge in [0.25, 0.3) is 0 Å². The second-order valence-electron chi connectivity index (χ2n) is 7.73. The van der Waals surface area contributed by atoms with Crippen LogP contribution in [-0.2, 0) is 11.3 Å². The molecule has 2 radical (unpaired) electrons. The summed E-state index contributed by atoms with van der Waals surface area (Å²) in [5, 5.41) is 4.19. The van der Waals surface area contributed by atoms with Crippen LogP contribution >= 0.6 is 0 Å². The van der Waals surface area contributed by atoms with Crippen molar-refractivity contribution in [2.24, 2.45) is 9.98 Å². The fourth-order valence-electron chi connectivity index (χ4n) is 3.52. The molecule has 30 heavy (non-hydrogen) atoms. The Bertz CT molecular complexity index is 1030. The number of aliphatic imine (C=N–C) groups is 2. The third-order valence-corrected chi connectivity index (χ3v) is 5.32. The van der Waals surface area contributed by atoms with Crippen molar-refractivity contribution in [3.05, 3.63) is 70.8 Å². The van der Waals surface area contributed by atoms with E-state index in [1.54, 1.807) is 13.3 Å². The van der Waals surface area contributed by atoms with E-state index in [9.17, 15) is 0 Å². The predicted octanol–water partition coefficient (Wildman–Crippen LogP) is 3.80. The molecule has 0 amide bonds. The monoisotopic (exact) mass is 401 g/mol. The summed E-state index contributed by atoms with van der Waals surface area (Å²) >= 11 is 0. The highest BCUT2D eigenvalue weighted by Crippen LogP contribution is 2.37. The molecule has 2 aliphatic heterocycles. The van der Waals surface area contributed by atoms with Crippen LogP contribution in [0.15, 0.2) is 62.4 Å². The molecular formula is C22H24BN5O2. The number of aromatic nitrogens is 2. The van der Waals surface area contributed by atoms with E-state index in [1.807, 2.05) is 11.8 Å². The molecule has 0 saturated carbocycles. The maximum atomic E-state index is 5.98. The van der Waals surface area contributed by atoms with Gasteiger partial charge in [-0.25, -0.2) is 9.98 Å². The molecule has 1 saturated heterocycles. The molecule has 1 fully saturated rings. The first-order valence-electron chi connectivity index (χ1n) is 9.93. The summed E-state index contributed by atoms with van der Waals surface area (Å²) in [5.74, 6) is 1.86. The van der Waals surface area contributed by atoms with E-state index in [0.717, 1.165) is 17.7 Å². The minimum Gasteiger partial charge on any atom is -0.373 e. The Morgan fingerprint density at radius 3 is 2.80 bits per heavy atom. The molecule has 0 aliphatic carbocycles. The summed E-state index contributed by atoms with van der Waals surface area (Å²) in [5.41, 5.74) is 4.50. The molecule has 4 rings (SSSR count). The second kappa shape index (κ2) is 8.40. The lowest BCUT2D eigenvalue weighted by molar-refractivity contribution is 0.110. The third kappa shape index (κ3) is 4.28. The van der Waals surface area contributed by atoms with E-state index in [0.29, 0.717) is 36.3 Å². The predicted molar refractivity (Wildman–Crippen MR) is 116 cm³/mol. The molecule has 2 aromatic rings. The Hall–Kier alpha value is -3.00. The van der Waals surface area contributed by atoms with Gasteiger partial charge < -0.3 is 14.2 Å². The van der Waals surface area contributed by atoms with E-state index in [1.165, 1.54) is 11.1 Å². The molecule has 1 aromatic carbocycles. The molecule has 0 N–H and O–H groups in total. The Balaban J connectivity index is 1.40. The van der Waals surface area contributed by atoms with Crippen molar-refractivity contribution in [1.82, 2.24) is 15.0 Å². The lowest BCUT2D eigenvalue weighted by Gasteiger charge is -2.24. The highest BCUT2D eigenvalue weighted by molar-refractivity contribution is 6.59. The van der Waals surface area contributed by atoms with Gasteiger partial charge in [0.1, 0.15) is 14.4 Å². The standard InChI is InChI=1S/C22H24BN5O2/c1-13-5-7-17(8-6-13)19-9-18(11-29-19)22-26-20(30-27-22)10-28-12-24-21(25-16(4)23)14(2)15(28)3/h5-8,12,18-19H,3,9-11H2,1-2,4H3/b25-16+/t18-,19+/m0/s1. The van der Waals surface area contributed by atoms with Gasteiger partial charge in [-0.05, 0) is 38.4 Å². The van der Waals surface area contributed by atoms with Gasteiger partial charge >= 0.3 is 0 Å². The number of hydrogen-bond acceptors (Lipinski definition) is 7. The first kappa shape index (κ1) is 20.3. The second-order valence-corrected chi connectivity index (χ2v) is 7.73. The average Bonchev–Trinajstić information content (AvgIpc) is 3.38. The zero-order valence-electron chi connectivity index (χ0n) is 17.5. The smallest absolute Gasteiger partial charge is 0.246 e. The van der Waals surface area contributed by atoms with Gasteiger partial charge in [-0.15, -0.1) is 0 Å². The van der Waals surface area contributed by atoms with Crippen molar-refractivity contribution >= 4 is 19.8 Å². The molecule has 0 bridgehead atoms. The minimum absolute atomic E-state index is 0.0596. The summed E-state index contributed by atoms with van der Waals surface area (Å²) in [4.78, 5) is 15.0. The summed E-state index contributed by atoms with van der Waals surface area (Å²) < 4.78 is 11.5. The van der Waals surface area contributed by atoms with Gasteiger partial charge in [-0.1, -0.05) is 41.6 Å². The number of ether oxygens (including phenoxy) is 1. The van der Waals surface area contributed by atoms with Gasteiger partial charge in [0.2, 0.25) is 5.89 Å².